The maximum absolute atomic E-state index is 9.01. The molecule has 1 saturated carbocycles. The van der Waals surface area contributed by atoms with Crippen molar-refractivity contribution < 1.29 is 0 Å². The van der Waals surface area contributed by atoms with Gasteiger partial charge in [0.25, 0.3) is 0 Å². The first-order valence-electron chi connectivity index (χ1n) is 7.09. The van der Waals surface area contributed by atoms with Crippen molar-refractivity contribution >= 4 is 0 Å². The van der Waals surface area contributed by atoms with Gasteiger partial charge in [0, 0.05) is 12.1 Å². The molecule has 18 heavy (non-hydrogen) atoms. The number of hydrogen-bond donors (Lipinski definition) is 1. The Morgan fingerprint density at radius 2 is 1.94 bits per heavy atom. The van der Waals surface area contributed by atoms with E-state index >= 15 is 0 Å². The van der Waals surface area contributed by atoms with Crippen molar-refractivity contribution in [1.29, 1.82) is 5.26 Å². The summed E-state index contributed by atoms with van der Waals surface area (Å²) in [6.45, 7) is 8.72. The van der Waals surface area contributed by atoms with E-state index in [1.807, 2.05) is 6.92 Å². The molecule has 2 atom stereocenters. The average molecular weight is 251 g/mol. The number of nitriles is 1. The van der Waals surface area contributed by atoms with E-state index < -0.39 is 5.54 Å². The molecule has 0 aromatic carbocycles. The highest BCUT2D eigenvalue weighted by Gasteiger charge is 2.32. The topological polar surface area (TPSA) is 53.1 Å². The normalized spacial score (nSPS) is 25.4. The van der Waals surface area contributed by atoms with Crippen LogP contribution in [0.2, 0.25) is 0 Å². The predicted octanol–water partition coefficient (Wildman–Crippen LogP) is 2.91. The number of rotatable bonds is 4. The Balaban J connectivity index is 2.50. The summed E-state index contributed by atoms with van der Waals surface area (Å²) in [5.41, 5.74) is 5.74. The van der Waals surface area contributed by atoms with Gasteiger partial charge in [-0.15, -0.1) is 0 Å². The van der Waals surface area contributed by atoms with Crippen LogP contribution in [-0.2, 0) is 0 Å². The summed E-state index contributed by atoms with van der Waals surface area (Å²) in [7, 11) is 2.18. The lowest BCUT2D eigenvalue weighted by atomic mass is 9.75. The highest BCUT2D eigenvalue weighted by atomic mass is 15.2. The molecule has 3 nitrogen and oxygen atoms in total. The fraction of sp³-hybridized carbons (Fsp3) is 0.933. The van der Waals surface area contributed by atoms with E-state index in [0.29, 0.717) is 17.5 Å². The van der Waals surface area contributed by atoms with Gasteiger partial charge in [0.05, 0.1) is 6.07 Å². The minimum Gasteiger partial charge on any atom is -0.314 e. The Labute approximate surface area is 112 Å². The van der Waals surface area contributed by atoms with E-state index in [2.05, 4.69) is 38.8 Å². The van der Waals surface area contributed by atoms with Gasteiger partial charge in [-0.1, -0.05) is 13.8 Å². The summed E-state index contributed by atoms with van der Waals surface area (Å²) in [4.78, 5) is 2.43. The third-order valence-electron chi connectivity index (χ3n) is 4.55. The van der Waals surface area contributed by atoms with Crippen molar-refractivity contribution in [2.24, 2.45) is 11.1 Å². The first-order valence-corrected chi connectivity index (χ1v) is 7.09. The Kier molecular flexibility index (Phi) is 4.80. The van der Waals surface area contributed by atoms with Crippen molar-refractivity contribution in [3.8, 4) is 6.07 Å². The van der Waals surface area contributed by atoms with Crippen LogP contribution < -0.4 is 5.73 Å². The zero-order valence-electron chi connectivity index (χ0n) is 12.7. The van der Waals surface area contributed by atoms with Gasteiger partial charge >= 0.3 is 0 Å². The van der Waals surface area contributed by atoms with Crippen LogP contribution in [0.4, 0.5) is 0 Å². The lowest BCUT2D eigenvalue weighted by Gasteiger charge is -2.41. The molecule has 3 heteroatoms. The summed E-state index contributed by atoms with van der Waals surface area (Å²) >= 11 is 0. The molecule has 1 rings (SSSR count). The molecular formula is C15H29N3. The Morgan fingerprint density at radius 1 is 1.44 bits per heavy atom. The molecule has 0 aromatic rings. The van der Waals surface area contributed by atoms with Gasteiger partial charge in [-0.25, -0.2) is 0 Å². The van der Waals surface area contributed by atoms with Crippen molar-refractivity contribution in [2.45, 2.75) is 77.4 Å². The number of hydrogen-bond acceptors (Lipinski definition) is 3. The van der Waals surface area contributed by atoms with E-state index in [1.165, 1.54) is 25.7 Å². The van der Waals surface area contributed by atoms with Gasteiger partial charge in [0.1, 0.15) is 5.54 Å². The second kappa shape index (κ2) is 5.59. The van der Waals surface area contributed by atoms with Crippen LogP contribution in [0.5, 0.6) is 0 Å². The summed E-state index contributed by atoms with van der Waals surface area (Å²) in [6.07, 6.45) is 5.86. The first kappa shape index (κ1) is 15.5. The monoisotopic (exact) mass is 251 g/mol. The maximum Gasteiger partial charge on any atom is 0.102 e. The molecule has 1 aliphatic rings. The highest BCUT2D eigenvalue weighted by Crippen LogP contribution is 2.37. The fourth-order valence-corrected chi connectivity index (χ4v) is 2.95. The molecule has 0 spiro atoms. The Morgan fingerprint density at radius 3 is 2.39 bits per heavy atom. The van der Waals surface area contributed by atoms with Gasteiger partial charge in [-0.3, -0.25) is 0 Å². The lowest BCUT2D eigenvalue weighted by molar-refractivity contribution is 0.0919. The van der Waals surface area contributed by atoms with Gasteiger partial charge in [-0.05, 0) is 58.4 Å². The van der Waals surface area contributed by atoms with Gasteiger partial charge < -0.3 is 10.6 Å². The third kappa shape index (κ3) is 4.26. The van der Waals surface area contributed by atoms with Crippen LogP contribution >= 0.6 is 0 Å². The van der Waals surface area contributed by atoms with Crippen LogP contribution in [-0.4, -0.2) is 29.6 Å². The molecule has 1 fully saturated rings. The largest absolute Gasteiger partial charge is 0.314 e. The van der Waals surface area contributed by atoms with Crippen LogP contribution in [0, 0.1) is 16.7 Å². The molecule has 0 radical (unpaired) electrons. The minimum absolute atomic E-state index is 0.367. The first-order chi connectivity index (χ1) is 8.17. The standard InChI is InChI=1S/C15H29N3/c1-12(10-15(4,17)11-16)18(5)13-6-8-14(2,3)9-7-13/h12-13H,6-10,17H2,1-5H3. The average Bonchev–Trinajstić information content (AvgIpc) is 2.27. The molecule has 0 amide bonds. The van der Waals surface area contributed by atoms with E-state index in [-0.39, 0.29) is 0 Å². The van der Waals surface area contributed by atoms with Crippen molar-refractivity contribution in [3.63, 3.8) is 0 Å². The molecule has 0 heterocycles. The molecule has 0 aliphatic heterocycles. The van der Waals surface area contributed by atoms with Crippen molar-refractivity contribution in [2.75, 3.05) is 7.05 Å². The summed E-state index contributed by atoms with van der Waals surface area (Å²) in [5.74, 6) is 0. The Hall–Kier alpha value is -0.590. The van der Waals surface area contributed by atoms with Crippen LogP contribution in [0.3, 0.4) is 0 Å². The van der Waals surface area contributed by atoms with E-state index in [1.54, 1.807) is 0 Å². The van der Waals surface area contributed by atoms with Crippen LogP contribution in [0.15, 0.2) is 0 Å². The minimum atomic E-state index is -0.707. The summed E-state index contributed by atoms with van der Waals surface area (Å²) in [6, 6.07) is 3.22. The van der Waals surface area contributed by atoms with Crippen molar-refractivity contribution in [1.82, 2.24) is 4.90 Å². The zero-order chi connectivity index (χ0) is 14.0. The smallest absolute Gasteiger partial charge is 0.102 e. The second-order valence-corrected chi connectivity index (χ2v) is 7.14. The molecule has 104 valence electrons. The van der Waals surface area contributed by atoms with Crippen LogP contribution in [0.25, 0.3) is 0 Å². The summed E-state index contributed by atoms with van der Waals surface area (Å²) < 4.78 is 0. The van der Waals surface area contributed by atoms with Gasteiger partial charge in [0.2, 0.25) is 0 Å². The highest BCUT2D eigenvalue weighted by molar-refractivity contribution is 5.03. The van der Waals surface area contributed by atoms with E-state index in [9.17, 15) is 0 Å². The molecule has 0 saturated heterocycles. The lowest BCUT2D eigenvalue weighted by Crippen LogP contribution is -2.47. The fourth-order valence-electron chi connectivity index (χ4n) is 2.95. The zero-order valence-corrected chi connectivity index (χ0v) is 12.7. The van der Waals surface area contributed by atoms with Gasteiger partial charge in [0.15, 0.2) is 0 Å². The predicted molar refractivity (Wildman–Crippen MR) is 76.1 cm³/mol. The van der Waals surface area contributed by atoms with Crippen LogP contribution in [0.1, 0.15) is 59.8 Å². The Bertz CT molecular complexity index is 304. The number of nitrogens with two attached hydrogens (primary N) is 1. The number of nitrogens with zero attached hydrogens (tertiary/aromatic N) is 2. The maximum atomic E-state index is 9.01. The quantitative estimate of drug-likeness (QED) is 0.836. The molecule has 2 unspecified atom stereocenters. The van der Waals surface area contributed by atoms with E-state index in [4.69, 9.17) is 11.0 Å². The molecule has 2 N–H and O–H groups in total. The molecule has 0 bridgehead atoms. The van der Waals surface area contributed by atoms with Gasteiger partial charge in [-0.2, -0.15) is 5.26 Å². The summed E-state index contributed by atoms with van der Waals surface area (Å²) in [5, 5.41) is 9.01. The third-order valence-corrected chi connectivity index (χ3v) is 4.55. The molecular weight excluding hydrogens is 222 g/mol. The SMILES string of the molecule is CC(CC(C)(N)C#N)N(C)C1CCC(C)(C)CC1. The van der Waals surface area contributed by atoms with E-state index in [0.717, 1.165) is 6.42 Å². The van der Waals surface area contributed by atoms with Crippen molar-refractivity contribution in [3.05, 3.63) is 0 Å². The molecule has 1 aliphatic carbocycles. The molecule has 0 aromatic heterocycles. The second-order valence-electron chi connectivity index (χ2n) is 7.14.